The number of aliphatic hydroxyl groups excluding tert-OH is 1. The molecule has 0 saturated heterocycles. The van der Waals surface area contributed by atoms with Crippen molar-refractivity contribution >= 4 is 23.9 Å². The van der Waals surface area contributed by atoms with Crippen molar-refractivity contribution in [2.24, 2.45) is 0 Å². The molecule has 0 rings (SSSR count). The second-order valence-corrected chi connectivity index (χ2v) is 6.33. The number of carboxylic acid groups (broad SMARTS) is 3. The summed E-state index contributed by atoms with van der Waals surface area (Å²) < 4.78 is 5.08. The molecule has 0 amide bonds. The summed E-state index contributed by atoms with van der Waals surface area (Å²) in [7, 11) is 5.10. The number of ether oxygens (including phenoxy) is 1. The quantitative estimate of drug-likeness (QED) is 0.212. The third-order valence-electron chi connectivity index (χ3n) is 2.92. The molecule has 138 valence electrons. The van der Waals surface area contributed by atoms with Gasteiger partial charge in [0.1, 0.15) is 6.54 Å². The molecule has 0 aliphatic heterocycles. The zero-order valence-electron chi connectivity index (χ0n) is 13.5. The predicted molar refractivity (Wildman–Crippen MR) is 75.9 cm³/mol. The second-order valence-electron chi connectivity index (χ2n) is 6.33. The van der Waals surface area contributed by atoms with E-state index in [2.05, 4.69) is 0 Å². The van der Waals surface area contributed by atoms with Crippen molar-refractivity contribution in [1.82, 2.24) is 0 Å². The van der Waals surface area contributed by atoms with E-state index in [1.165, 1.54) is 0 Å². The first-order valence-corrected chi connectivity index (χ1v) is 6.77. The van der Waals surface area contributed by atoms with Crippen LogP contribution in [-0.4, -0.2) is 99.4 Å². The monoisotopic (exact) mass is 352 g/mol. The lowest BCUT2D eigenvalue weighted by atomic mass is 9.93. The van der Waals surface area contributed by atoms with Gasteiger partial charge in [-0.25, -0.2) is 9.59 Å². The van der Waals surface area contributed by atoms with Crippen molar-refractivity contribution in [3.63, 3.8) is 0 Å². The summed E-state index contributed by atoms with van der Waals surface area (Å²) in [5.74, 6) is -6.78. The van der Waals surface area contributed by atoms with E-state index in [-0.39, 0.29) is 11.0 Å². The number of carboxylic acids is 3. The topological polar surface area (TPSA) is 179 Å². The minimum absolute atomic E-state index is 0.0744. The molecule has 0 fully saturated rings. The fraction of sp³-hybridized carbons (Fsp3) is 0.692. The van der Waals surface area contributed by atoms with Crippen LogP contribution >= 0.6 is 0 Å². The smallest absolute Gasteiger partial charge is 0.339 e. The standard InChI is InChI=1S/C13H21NO10/c1-14(2,3)6-7(4-8(15)16)24-9(17)5-13(23,12(21)22)10(18)11(19)20/h7,10,18,23H,4-6H2,1-3H3,(H2-,15,16,19,20,21,22)/p+1. The number of carbonyl (C=O) groups excluding carboxylic acids is 1. The van der Waals surface area contributed by atoms with E-state index in [1.807, 2.05) is 0 Å². The van der Waals surface area contributed by atoms with Gasteiger partial charge in [0.2, 0.25) is 5.60 Å². The third kappa shape index (κ3) is 6.89. The Morgan fingerprint density at radius 1 is 1.08 bits per heavy atom. The molecular weight excluding hydrogens is 330 g/mol. The summed E-state index contributed by atoms with van der Waals surface area (Å²) in [5, 5.41) is 45.4. The van der Waals surface area contributed by atoms with Crippen LogP contribution in [0, 0.1) is 0 Å². The minimum atomic E-state index is -3.30. The Morgan fingerprint density at radius 3 is 1.92 bits per heavy atom. The van der Waals surface area contributed by atoms with E-state index in [0.717, 1.165) is 0 Å². The average Bonchev–Trinajstić information content (AvgIpc) is 2.33. The molecule has 0 aromatic heterocycles. The molecule has 0 bridgehead atoms. The Kier molecular flexibility index (Phi) is 7.29. The number of hydrogen-bond donors (Lipinski definition) is 5. The summed E-state index contributed by atoms with van der Waals surface area (Å²) in [6.45, 7) is 0.0744. The summed E-state index contributed by atoms with van der Waals surface area (Å²) in [4.78, 5) is 44.3. The van der Waals surface area contributed by atoms with Crippen molar-refractivity contribution in [1.29, 1.82) is 0 Å². The predicted octanol–water partition coefficient (Wildman–Crippen LogP) is -2.27. The molecule has 0 heterocycles. The van der Waals surface area contributed by atoms with Gasteiger partial charge in [-0.3, -0.25) is 9.59 Å². The normalized spacial score (nSPS) is 16.5. The molecule has 0 saturated carbocycles. The molecular formula is C13H22NO10+. The molecule has 3 unspecified atom stereocenters. The number of hydrogen-bond acceptors (Lipinski definition) is 7. The first-order chi connectivity index (χ1) is 10.7. The SMILES string of the molecule is C[N+](C)(C)CC(CC(=O)O)OC(=O)CC(O)(C(=O)O)C(O)C(=O)O. The molecule has 0 aromatic rings. The zero-order chi connectivity index (χ0) is 19.3. The first-order valence-electron chi connectivity index (χ1n) is 6.77. The van der Waals surface area contributed by atoms with Crippen LogP contribution in [0.1, 0.15) is 12.8 Å². The summed E-state index contributed by atoms with van der Waals surface area (Å²) in [6.07, 6.45) is -5.81. The van der Waals surface area contributed by atoms with Crippen LogP contribution in [0.25, 0.3) is 0 Å². The zero-order valence-corrected chi connectivity index (χ0v) is 13.5. The molecule has 0 aliphatic carbocycles. The Balaban J connectivity index is 5.18. The van der Waals surface area contributed by atoms with E-state index >= 15 is 0 Å². The highest BCUT2D eigenvalue weighted by atomic mass is 16.5. The summed E-state index contributed by atoms with van der Waals surface area (Å²) >= 11 is 0. The number of likely N-dealkylation sites (N-methyl/N-ethyl adjacent to an activating group) is 1. The van der Waals surface area contributed by atoms with Crippen LogP contribution in [0.2, 0.25) is 0 Å². The Hall–Kier alpha value is -2.24. The molecule has 24 heavy (non-hydrogen) atoms. The van der Waals surface area contributed by atoms with E-state index in [0.29, 0.717) is 0 Å². The molecule has 11 heteroatoms. The molecule has 0 aliphatic rings. The fourth-order valence-corrected chi connectivity index (χ4v) is 1.89. The Bertz CT molecular complexity index is 511. The van der Waals surface area contributed by atoms with Gasteiger partial charge in [0.05, 0.1) is 34.0 Å². The number of rotatable bonds is 10. The lowest BCUT2D eigenvalue weighted by Crippen LogP contribution is -2.55. The van der Waals surface area contributed by atoms with Gasteiger partial charge in [0, 0.05) is 0 Å². The minimum Gasteiger partial charge on any atom is -0.481 e. The lowest BCUT2D eigenvalue weighted by Gasteiger charge is -2.29. The van der Waals surface area contributed by atoms with Gasteiger partial charge in [-0.05, 0) is 0 Å². The number of aliphatic carboxylic acids is 3. The van der Waals surface area contributed by atoms with Crippen LogP contribution in [-0.2, 0) is 23.9 Å². The molecule has 0 radical (unpaired) electrons. The number of esters is 1. The van der Waals surface area contributed by atoms with Gasteiger partial charge in [0.15, 0.2) is 12.2 Å². The maximum absolute atomic E-state index is 11.8. The Morgan fingerprint density at radius 2 is 1.58 bits per heavy atom. The number of nitrogens with zero attached hydrogens (tertiary/aromatic N) is 1. The molecule has 0 spiro atoms. The maximum Gasteiger partial charge on any atom is 0.339 e. The summed E-state index contributed by atoms with van der Waals surface area (Å²) in [5.41, 5.74) is -3.30. The van der Waals surface area contributed by atoms with Crippen molar-refractivity contribution < 1.29 is 53.9 Å². The molecule has 3 atom stereocenters. The van der Waals surface area contributed by atoms with Gasteiger partial charge in [-0.2, -0.15) is 0 Å². The van der Waals surface area contributed by atoms with Gasteiger partial charge >= 0.3 is 23.9 Å². The van der Waals surface area contributed by atoms with Crippen molar-refractivity contribution in [2.75, 3.05) is 27.7 Å². The molecule has 5 N–H and O–H groups in total. The van der Waals surface area contributed by atoms with Gasteiger partial charge < -0.3 is 34.8 Å². The van der Waals surface area contributed by atoms with Crippen LogP contribution < -0.4 is 0 Å². The van der Waals surface area contributed by atoms with Crippen LogP contribution in [0.5, 0.6) is 0 Å². The van der Waals surface area contributed by atoms with Crippen LogP contribution in [0.15, 0.2) is 0 Å². The lowest BCUT2D eigenvalue weighted by molar-refractivity contribution is -0.873. The van der Waals surface area contributed by atoms with Crippen LogP contribution in [0.3, 0.4) is 0 Å². The maximum atomic E-state index is 11.8. The number of aliphatic hydroxyl groups is 2. The molecule has 11 nitrogen and oxygen atoms in total. The highest BCUT2D eigenvalue weighted by molar-refractivity contribution is 5.91. The van der Waals surface area contributed by atoms with E-state index in [1.54, 1.807) is 21.1 Å². The van der Waals surface area contributed by atoms with Crippen LogP contribution in [0.4, 0.5) is 0 Å². The summed E-state index contributed by atoms with van der Waals surface area (Å²) in [6, 6.07) is 0. The van der Waals surface area contributed by atoms with Gasteiger partial charge in [-0.15, -0.1) is 0 Å². The Labute approximate surface area is 137 Å². The highest BCUT2D eigenvalue weighted by Crippen LogP contribution is 2.19. The second kappa shape index (κ2) is 8.04. The number of quaternary nitrogens is 1. The van der Waals surface area contributed by atoms with Gasteiger partial charge in [-0.1, -0.05) is 0 Å². The fourth-order valence-electron chi connectivity index (χ4n) is 1.89. The third-order valence-corrected chi connectivity index (χ3v) is 2.92. The largest absolute Gasteiger partial charge is 0.481 e. The van der Waals surface area contributed by atoms with Gasteiger partial charge in [0.25, 0.3) is 0 Å². The first kappa shape index (κ1) is 21.8. The highest BCUT2D eigenvalue weighted by Gasteiger charge is 2.50. The average molecular weight is 352 g/mol. The van der Waals surface area contributed by atoms with Crippen molar-refractivity contribution in [3.8, 4) is 0 Å². The van der Waals surface area contributed by atoms with E-state index in [9.17, 15) is 29.4 Å². The van der Waals surface area contributed by atoms with Crippen molar-refractivity contribution in [2.45, 2.75) is 30.7 Å². The molecule has 0 aromatic carbocycles. The number of carbonyl (C=O) groups is 4. The van der Waals surface area contributed by atoms with E-state index in [4.69, 9.17) is 20.1 Å². The van der Waals surface area contributed by atoms with Crippen molar-refractivity contribution in [3.05, 3.63) is 0 Å². The van der Waals surface area contributed by atoms with E-state index < -0.39 is 54.5 Å².